The van der Waals surface area contributed by atoms with E-state index < -0.39 is 18.2 Å². The number of allylic oxidation sites excluding steroid dienone is 6. The zero-order valence-corrected chi connectivity index (χ0v) is 25.0. The number of hydrogen-bond donors (Lipinski definition) is 0. The molecule has 5 rings (SSSR count). The molecule has 5 aliphatic rings. The van der Waals surface area contributed by atoms with Crippen LogP contribution in [-0.2, 0) is 4.74 Å². The van der Waals surface area contributed by atoms with E-state index in [1.165, 1.54) is 25.7 Å². The van der Waals surface area contributed by atoms with Crippen molar-refractivity contribution < 1.29 is 22.3 Å². The lowest BCUT2D eigenvalue weighted by molar-refractivity contribution is -0.258. The third kappa shape index (κ3) is 6.84. The van der Waals surface area contributed by atoms with E-state index in [9.17, 15) is 4.39 Å². The Hall–Kier alpha value is -0.530. The summed E-state index contributed by atoms with van der Waals surface area (Å²) in [4.78, 5) is 0. The molecule has 0 radical (unpaired) electrons. The van der Waals surface area contributed by atoms with Gasteiger partial charge in [-0.2, -0.15) is 8.78 Å². The summed E-state index contributed by atoms with van der Waals surface area (Å²) in [7, 11) is 0. The number of alkyl halides is 4. The molecule has 6 heteroatoms. The van der Waals surface area contributed by atoms with Crippen molar-refractivity contribution in [1.29, 1.82) is 0 Å². The van der Waals surface area contributed by atoms with E-state index >= 15 is 13.2 Å². The molecule has 3 saturated carbocycles. The Labute approximate surface area is 240 Å². The molecular weight excluding hydrogens is 603 g/mol. The lowest BCUT2D eigenvalue weighted by atomic mass is 9.68. The molecule has 214 valence electrons. The summed E-state index contributed by atoms with van der Waals surface area (Å²) in [5.74, 6) is 1.91. The Morgan fingerprint density at radius 3 is 2.00 bits per heavy atom. The van der Waals surface area contributed by atoms with Gasteiger partial charge in [-0.3, -0.25) is 0 Å². The topological polar surface area (TPSA) is 9.23 Å². The van der Waals surface area contributed by atoms with Gasteiger partial charge in [0, 0.05) is 16.3 Å². The van der Waals surface area contributed by atoms with Gasteiger partial charge in [0.1, 0.15) is 11.9 Å². The maximum Gasteiger partial charge on any atom is 0.400 e. The standard InChI is InChI=1S/C32H45F4IO/c1-20-18-25(10-17-30(20)33)23-2-4-24(5-3-23)29-16-15-28(19-31(29)34)38-32(35,36)26-11-6-21(7-12-26)22-8-13-27(37)14-9-22/h15-17,20-27,31H,2-14,18-19H2,1H3. The smallest absolute Gasteiger partial charge is 0.400 e. The van der Waals surface area contributed by atoms with Crippen LogP contribution in [0.4, 0.5) is 17.6 Å². The SMILES string of the molecule is CC1CC(C2CCC(C3=CC=C(OC(F)(F)C4CCC(C5CCC(I)CC5)CC4)CC3F)CC2)CC=C1F. The van der Waals surface area contributed by atoms with Crippen LogP contribution in [0, 0.1) is 41.4 Å². The molecule has 0 saturated heterocycles. The van der Waals surface area contributed by atoms with E-state index in [1.807, 2.05) is 6.92 Å². The van der Waals surface area contributed by atoms with Crippen molar-refractivity contribution in [2.75, 3.05) is 0 Å². The average molecular weight is 649 g/mol. The Morgan fingerprint density at radius 2 is 1.39 bits per heavy atom. The molecule has 3 atom stereocenters. The lowest BCUT2D eigenvalue weighted by Crippen LogP contribution is -2.36. The Morgan fingerprint density at radius 1 is 0.816 bits per heavy atom. The molecule has 0 spiro atoms. The summed E-state index contributed by atoms with van der Waals surface area (Å²) in [6.45, 7) is 1.96. The first-order chi connectivity index (χ1) is 18.2. The highest BCUT2D eigenvalue weighted by Gasteiger charge is 2.46. The second-order valence-corrected chi connectivity index (χ2v) is 14.9. The van der Waals surface area contributed by atoms with Crippen molar-refractivity contribution in [3.63, 3.8) is 0 Å². The number of ether oxygens (including phenoxy) is 1. The van der Waals surface area contributed by atoms with E-state index in [2.05, 4.69) is 22.6 Å². The van der Waals surface area contributed by atoms with Crippen molar-refractivity contribution in [2.45, 2.75) is 119 Å². The maximum absolute atomic E-state index is 15.2. The lowest BCUT2D eigenvalue weighted by Gasteiger charge is -2.39. The van der Waals surface area contributed by atoms with Crippen LogP contribution >= 0.6 is 22.6 Å². The first-order valence-electron chi connectivity index (χ1n) is 15.3. The summed E-state index contributed by atoms with van der Waals surface area (Å²) in [6, 6.07) is 0. The van der Waals surface area contributed by atoms with Crippen LogP contribution in [0.5, 0.6) is 0 Å². The minimum Gasteiger partial charge on any atom is -0.437 e. The van der Waals surface area contributed by atoms with E-state index in [0.717, 1.165) is 60.9 Å². The molecule has 0 aromatic carbocycles. The highest BCUT2D eigenvalue weighted by molar-refractivity contribution is 14.1. The van der Waals surface area contributed by atoms with Gasteiger partial charge in [0.05, 0.1) is 11.7 Å². The van der Waals surface area contributed by atoms with Crippen LogP contribution in [-0.4, -0.2) is 16.2 Å². The summed E-state index contributed by atoms with van der Waals surface area (Å²) in [5, 5.41) is 0. The van der Waals surface area contributed by atoms with Gasteiger partial charge in [-0.1, -0.05) is 41.7 Å². The van der Waals surface area contributed by atoms with Gasteiger partial charge in [0.15, 0.2) is 0 Å². The summed E-state index contributed by atoms with van der Waals surface area (Å²) in [6.07, 6.45) is 13.9. The fraction of sp³-hybridized carbons (Fsp3) is 0.812. The first-order valence-corrected chi connectivity index (χ1v) is 16.5. The zero-order valence-electron chi connectivity index (χ0n) is 22.8. The molecule has 0 aromatic heterocycles. The van der Waals surface area contributed by atoms with Crippen LogP contribution in [0.15, 0.2) is 35.4 Å². The van der Waals surface area contributed by atoms with E-state index in [4.69, 9.17) is 4.74 Å². The fourth-order valence-electron chi connectivity index (χ4n) is 8.30. The van der Waals surface area contributed by atoms with Crippen molar-refractivity contribution in [3.8, 4) is 0 Å². The van der Waals surface area contributed by atoms with Crippen molar-refractivity contribution in [1.82, 2.24) is 0 Å². The molecule has 0 aliphatic heterocycles. The van der Waals surface area contributed by atoms with Crippen molar-refractivity contribution in [2.24, 2.45) is 41.4 Å². The van der Waals surface area contributed by atoms with Crippen LogP contribution in [0.2, 0.25) is 0 Å². The summed E-state index contributed by atoms with van der Waals surface area (Å²) in [5.41, 5.74) is 0.754. The van der Waals surface area contributed by atoms with Crippen LogP contribution in [0.3, 0.4) is 0 Å². The molecule has 1 nitrogen and oxygen atoms in total. The molecule has 0 heterocycles. The van der Waals surface area contributed by atoms with E-state index in [0.29, 0.717) is 36.5 Å². The molecular formula is C32H45F4IO. The highest BCUT2D eigenvalue weighted by Crippen LogP contribution is 2.48. The van der Waals surface area contributed by atoms with E-state index in [-0.39, 0.29) is 29.8 Å². The van der Waals surface area contributed by atoms with Gasteiger partial charge in [-0.15, -0.1) is 0 Å². The third-order valence-corrected chi connectivity index (χ3v) is 12.0. The van der Waals surface area contributed by atoms with Gasteiger partial charge in [0.25, 0.3) is 0 Å². The van der Waals surface area contributed by atoms with Crippen LogP contribution in [0.1, 0.15) is 103 Å². The molecule has 0 aromatic rings. The number of hydrogen-bond acceptors (Lipinski definition) is 1. The third-order valence-electron chi connectivity index (χ3n) is 10.7. The largest absolute Gasteiger partial charge is 0.437 e. The summed E-state index contributed by atoms with van der Waals surface area (Å²) < 4.78 is 65.3. The molecule has 3 unspecified atom stereocenters. The predicted molar refractivity (Wildman–Crippen MR) is 153 cm³/mol. The van der Waals surface area contributed by atoms with Gasteiger partial charge >= 0.3 is 6.11 Å². The number of rotatable bonds is 6. The Kier molecular flexibility index (Phi) is 9.57. The molecule has 0 N–H and O–H groups in total. The normalized spacial score (nSPS) is 41.1. The minimum absolute atomic E-state index is 0.0139. The van der Waals surface area contributed by atoms with Gasteiger partial charge in [-0.25, -0.2) is 8.78 Å². The van der Waals surface area contributed by atoms with Crippen molar-refractivity contribution in [3.05, 3.63) is 35.4 Å². The van der Waals surface area contributed by atoms with Crippen LogP contribution < -0.4 is 0 Å². The van der Waals surface area contributed by atoms with E-state index in [1.54, 1.807) is 18.2 Å². The average Bonchev–Trinajstić information content (AvgIpc) is 2.91. The molecule has 38 heavy (non-hydrogen) atoms. The van der Waals surface area contributed by atoms with Gasteiger partial charge in [0.2, 0.25) is 0 Å². The monoisotopic (exact) mass is 648 g/mol. The molecule has 5 aliphatic carbocycles. The fourth-order valence-corrected chi connectivity index (χ4v) is 9.01. The molecule has 0 amide bonds. The first kappa shape index (κ1) is 29.0. The molecule has 0 bridgehead atoms. The number of halogens is 5. The Balaban J connectivity index is 1.10. The van der Waals surface area contributed by atoms with Gasteiger partial charge in [-0.05, 0) is 131 Å². The Bertz CT molecular complexity index is 889. The minimum atomic E-state index is -3.23. The summed E-state index contributed by atoms with van der Waals surface area (Å²) >= 11 is 2.54. The molecule has 3 fully saturated rings. The second-order valence-electron chi connectivity index (χ2n) is 13.1. The van der Waals surface area contributed by atoms with Crippen LogP contribution in [0.25, 0.3) is 0 Å². The predicted octanol–water partition coefficient (Wildman–Crippen LogP) is 10.7. The second kappa shape index (κ2) is 12.5. The zero-order chi connectivity index (χ0) is 26.9. The maximum atomic E-state index is 15.2. The quantitative estimate of drug-likeness (QED) is 0.158. The van der Waals surface area contributed by atoms with Crippen molar-refractivity contribution >= 4 is 22.6 Å². The highest BCUT2D eigenvalue weighted by atomic mass is 127. The van der Waals surface area contributed by atoms with Gasteiger partial charge < -0.3 is 4.74 Å².